The summed E-state index contributed by atoms with van der Waals surface area (Å²) in [7, 11) is 1.37. The molecule has 0 spiro atoms. The Morgan fingerprint density at radius 2 is 2.11 bits per heavy atom. The lowest BCUT2D eigenvalue weighted by molar-refractivity contribution is -0.139. The molecule has 0 aromatic heterocycles. The second kappa shape index (κ2) is 5.73. The van der Waals surface area contributed by atoms with Crippen LogP contribution in [0.1, 0.15) is 18.5 Å². The van der Waals surface area contributed by atoms with Gasteiger partial charge < -0.3 is 19.5 Å². The maximum Gasteiger partial charge on any atom is 0.319 e. The molecule has 5 nitrogen and oxygen atoms in total. The van der Waals surface area contributed by atoms with Crippen molar-refractivity contribution in [1.82, 2.24) is 5.32 Å². The van der Waals surface area contributed by atoms with E-state index in [1.807, 2.05) is 25.1 Å². The minimum atomic E-state index is -0.278. The van der Waals surface area contributed by atoms with E-state index in [0.717, 1.165) is 17.1 Å². The van der Waals surface area contributed by atoms with Crippen LogP contribution in [0.5, 0.6) is 11.5 Å². The Balaban J connectivity index is 2.01. The first-order valence-electron chi connectivity index (χ1n) is 5.90. The Morgan fingerprint density at radius 1 is 1.39 bits per heavy atom. The molecule has 1 aliphatic heterocycles. The minimum absolute atomic E-state index is 0.0416. The molecule has 18 heavy (non-hydrogen) atoms. The highest BCUT2D eigenvalue weighted by Gasteiger charge is 2.14. The highest BCUT2D eigenvalue weighted by molar-refractivity contribution is 5.71. The number of carbonyl (C=O) groups excluding carboxylic acids is 1. The van der Waals surface area contributed by atoms with Gasteiger partial charge in [-0.3, -0.25) is 4.79 Å². The Bertz CT molecular complexity index is 433. The molecule has 2 rings (SSSR count). The SMILES string of the molecule is COC(=O)CNC(C)c1ccc2c(c1)OCCO2. The van der Waals surface area contributed by atoms with Gasteiger partial charge in [0.1, 0.15) is 13.2 Å². The van der Waals surface area contributed by atoms with Crippen LogP contribution in [0.3, 0.4) is 0 Å². The smallest absolute Gasteiger partial charge is 0.319 e. The molecule has 5 heteroatoms. The van der Waals surface area contributed by atoms with Crippen LogP contribution >= 0.6 is 0 Å². The number of esters is 1. The topological polar surface area (TPSA) is 56.8 Å². The van der Waals surface area contributed by atoms with Crippen molar-refractivity contribution >= 4 is 5.97 Å². The van der Waals surface area contributed by atoms with Crippen molar-refractivity contribution in [3.63, 3.8) is 0 Å². The second-order valence-corrected chi connectivity index (χ2v) is 4.08. The van der Waals surface area contributed by atoms with E-state index in [1.54, 1.807) is 0 Å². The van der Waals surface area contributed by atoms with Crippen molar-refractivity contribution in [1.29, 1.82) is 0 Å². The molecule has 1 aliphatic rings. The van der Waals surface area contributed by atoms with E-state index >= 15 is 0 Å². The van der Waals surface area contributed by atoms with Crippen LogP contribution in [0, 0.1) is 0 Å². The van der Waals surface area contributed by atoms with Crippen LogP contribution in [-0.2, 0) is 9.53 Å². The molecule has 0 fully saturated rings. The number of hydrogen-bond acceptors (Lipinski definition) is 5. The summed E-state index contributed by atoms with van der Waals surface area (Å²) in [6, 6.07) is 5.83. The van der Waals surface area contributed by atoms with Gasteiger partial charge in [-0.1, -0.05) is 6.07 Å². The first-order chi connectivity index (χ1) is 8.70. The summed E-state index contributed by atoms with van der Waals surface area (Å²) in [4.78, 5) is 11.1. The third kappa shape index (κ3) is 2.92. The molecule has 1 aromatic carbocycles. The number of methoxy groups -OCH3 is 1. The summed E-state index contributed by atoms with van der Waals surface area (Å²) in [5.41, 5.74) is 1.04. The van der Waals surface area contributed by atoms with E-state index in [4.69, 9.17) is 9.47 Å². The summed E-state index contributed by atoms with van der Waals surface area (Å²) in [5.74, 6) is 1.25. The molecule has 0 aliphatic carbocycles. The number of carbonyl (C=O) groups is 1. The zero-order chi connectivity index (χ0) is 13.0. The van der Waals surface area contributed by atoms with Crippen molar-refractivity contribution in [2.45, 2.75) is 13.0 Å². The normalized spacial score (nSPS) is 15.0. The average Bonchev–Trinajstić information content (AvgIpc) is 2.43. The lowest BCUT2D eigenvalue weighted by Gasteiger charge is -2.20. The largest absolute Gasteiger partial charge is 0.486 e. The maximum absolute atomic E-state index is 11.1. The van der Waals surface area contributed by atoms with Crippen molar-refractivity contribution in [3.05, 3.63) is 23.8 Å². The van der Waals surface area contributed by atoms with Gasteiger partial charge in [0.15, 0.2) is 11.5 Å². The van der Waals surface area contributed by atoms with Crippen LogP contribution in [-0.4, -0.2) is 32.8 Å². The third-order valence-corrected chi connectivity index (χ3v) is 2.85. The Hall–Kier alpha value is -1.75. The summed E-state index contributed by atoms with van der Waals surface area (Å²) in [6.07, 6.45) is 0. The quantitative estimate of drug-likeness (QED) is 0.817. The fourth-order valence-corrected chi connectivity index (χ4v) is 1.76. The van der Waals surface area contributed by atoms with Gasteiger partial charge in [-0.05, 0) is 24.6 Å². The van der Waals surface area contributed by atoms with Gasteiger partial charge in [-0.25, -0.2) is 0 Å². The molecule has 0 saturated heterocycles. The van der Waals surface area contributed by atoms with Gasteiger partial charge >= 0.3 is 5.97 Å². The van der Waals surface area contributed by atoms with E-state index < -0.39 is 0 Å². The van der Waals surface area contributed by atoms with Gasteiger partial charge in [-0.15, -0.1) is 0 Å². The monoisotopic (exact) mass is 251 g/mol. The van der Waals surface area contributed by atoms with Crippen molar-refractivity contribution in [2.75, 3.05) is 26.9 Å². The lowest BCUT2D eigenvalue weighted by Crippen LogP contribution is -2.26. The molecule has 98 valence electrons. The van der Waals surface area contributed by atoms with Crippen LogP contribution in [0.2, 0.25) is 0 Å². The molecule has 0 amide bonds. The standard InChI is InChI=1S/C13H17NO4/c1-9(14-8-13(15)16-2)10-3-4-11-12(7-10)18-6-5-17-11/h3-4,7,9,14H,5-6,8H2,1-2H3. The summed E-state index contributed by atoms with van der Waals surface area (Å²) in [6.45, 7) is 3.32. The highest BCUT2D eigenvalue weighted by Crippen LogP contribution is 2.32. The molecule has 1 N–H and O–H groups in total. The maximum atomic E-state index is 11.1. The molecule has 1 unspecified atom stereocenters. The van der Waals surface area contributed by atoms with Crippen LogP contribution in [0.15, 0.2) is 18.2 Å². The van der Waals surface area contributed by atoms with Crippen LogP contribution < -0.4 is 14.8 Å². The zero-order valence-electron chi connectivity index (χ0n) is 10.6. The first-order valence-corrected chi connectivity index (χ1v) is 5.90. The van der Waals surface area contributed by atoms with Crippen molar-refractivity contribution in [2.24, 2.45) is 0 Å². The van der Waals surface area contributed by atoms with Crippen molar-refractivity contribution < 1.29 is 19.0 Å². The fourth-order valence-electron chi connectivity index (χ4n) is 1.76. The Labute approximate surface area is 106 Å². The zero-order valence-corrected chi connectivity index (χ0v) is 10.6. The number of rotatable bonds is 4. The molecule has 1 aromatic rings. The molecular formula is C13H17NO4. The number of benzene rings is 1. The van der Waals surface area contributed by atoms with Gasteiger partial charge in [0.2, 0.25) is 0 Å². The van der Waals surface area contributed by atoms with Crippen LogP contribution in [0.25, 0.3) is 0 Å². The summed E-state index contributed by atoms with van der Waals surface area (Å²) in [5, 5.41) is 3.09. The van der Waals surface area contributed by atoms with E-state index in [0.29, 0.717) is 13.2 Å². The molecule has 1 atom stereocenters. The van der Waals surface area contributed by atoms with Crippen LogP contribution in [0.4, 0.5) is 0 Å². The molecule has 1 heterocycles. The van der Waals surface area contributed by atoms with Gasteiger partial charge in [0.05, 0.1) is 13.7 Å². The number of hydrogen-bond donors (Lipinski definition) is 1. The molecule has 0 radical (unpaired) electrons. The van der Waals surface area contributed by atoms with E-state index in [-0.39, 0.29) is 18.6 Å². The van der Waals surface area contributed by atoms with E-state index in [2.05, 4.69) is 10.1 Å². The number of ether oxygens (including phenoxy) is 3. The number of fused-ring (bicyclic) bond motifs is 1. The second-order valence-electron chi connectivity index (χ2n) is 4.08. The minimum Gasteiger partial charge on any atom is -0.486 e. The van der Waals surface area contributed by atoms with Gasteiger partial charge in [-0.2, -0.15) is 0 Å². The van der Waals surface area contributed by atoms with Gasteiger partial charge in [0.25, 0.3) is 0 Å². The predicted octanol–water partition coefficient (Wildman–Crippen LogP) is 1.28. The average molecular weight is 251 g/mol. The van der Waals surface area contributed by atoms with E-state index in [9.17, 15) is 4.79 Å². The molecule has 0 saturated carbocycles. The predicted molar refractivity (Wildman–Crippen MR) is 65.9 cm³/mol. The third-order valence-electron chi connectivity index (χ3n) is 2.85. The van der Waals surface area contributed by atoms with Gasteiger partial charge in [0, 0.05) is 6.04 Å². The Morgan fingerprint density at radius 3 is 2.83 bits per heavy atom. The molecular weight excluding hydrogens is 234 g/mol. The first kappa shape index (κ1) is 12.7. The summed E-state index contributed by atoms with van der Waals surface area (Å²) < 4.78 is 15.6. The summed E-state index contributed by atoms with van der Waals surface area (Å²) >= 11 is 0. The van der Waals surface area contributed by atoms with E-state index in [1.165, 1.54) is 7.11 Å². The fraction of sp³-hybridized carbons (Fsp3) is 0.462. The highest BCUT2D eigenvalue weighted by atomic mass is 16.6. The van der Waals surface area contributed by atoms with Crippen molar-refractivity contribution in [3.8, 4) is 11.5 Å². The number of nitrogens with one attached hydrogen (secondary N) is 1. The Kier molecular flexibility index (Phi) is 4.04. The lowest BCUT2D eigenvalue weighted by atomic mass is 10.1. The molecule has 0 bridgehead atoms.